The van der Waals surface area contributed by atoms with Crippen LogP contribution in [0.3, 0.4) is 0 Å². The van der Waals surface area contributed by atoms with Gasteiger partial charge in [0.15, 0.2) is 5.96 Å². The number of nitrogens with two attached hydrogens (primary N) is 1. The lowest BCUT2D eigenvalue weighted by Gasteiger charge is -2.34. The van der Waals surface area contributed by atoms with Gasteiger partial charge in [-0.15, -0.1) is 0 Å². The number of benzene rings is 1. The van der Waals surface area contributed by atoms with E-state index in [0.29, 0.717) is 30.1 Å². The van der Waals surface area contributed by atoms with Gasteiger partial charge in [-0.2, -0.15) is 0 Å². The Morgan fingerprint density at radius 2 is 2.00 bits per heavy atom. The van der Waals surface area contributed by atoms with Crippen molar-refractivity contribution in [3.63, 3.8) is 0 Å². The molecule has 4 unspecified atom stereocenters. The van der Waals surface area contributed by atoms with Crippen LogP contribution in [0, 0.1) is 11.8 Å². The van der Waals surface area contributed by atoms with Gasteiger partial charge in [0, 0.05) is 7.05 Å². The molecule has 2 aliphatic rings. The molecule has 1 amide bonds. The Morgan fingerprint density at radius 1 is 1.35 bits per heavy atom. The third kappa shape index (κ3) is 1.90. The molecule has 1 saturated carbocycles. The SMILES string of the molecule is CC1C(c2ccccc2)C1C1(C)CC(=O)N(C)C(N)=N1. The summed E-state index contributed by atoms with van der Waals surface area (Å²) in [5, 5.41) is 0. The highest BCUT2D eigenvalue weighted by Gasteiger charge is 2.59. The molecule has 1 aromatic rings. The highest BCUT2D eigenvalue weighted by atomic mass is 16.2. The molecule has 0 radical (unpaired) electrons. The first-order valence-corrected chi connectivity index (χ1v) is 7.11. The van der Waals surface area contributed by atoms with E-state index in [1.165, 1.54) is 10.5 Å². The molecule has 1 fully saturated rings. The van der Waals surface area contributed by atoms with E-state index in [1.54, 1.807) is 7.05 Å². The van der Waals surface area contributed by atoms with E-state index >= 15 is 0 Å². The fraction of sp³-hybridized carbons (Fsp3) is 0.500. The van der Waals surface area contributed by atoms with Gasteiger partial charge in [0.2, 0.25) is 5.91 Å². The van der Waals surface area contributed by atoms with Gasteiger partial charge in [0.05, 0.1) is 12.0 Å². The molecule has 4 nitrogen and oxygen atoms in total. The van der Waals surface area contributed by atoms with Crippen LogP contribution in [0.2, 0.25) is 0 Å². The van der Waals surface area contributed by atoms with Crippen molar-refractivity contribution < 1.29 is 4.79 Å². The Morgan fingerprint density at radius 3 is 2.60 bits per heavy atom. The van der Waals surface area contributed by atoms with Crippen molar-refractivity contribution in [2.24, 2.45) is 22.6 Å². The Bertz CT molecular complexity index is 568. The molecular weight excluding hydrogens is 250 g/mol. The number of hydrogen-bond acceptors (Lipinski definition) is 3. The lowest BCUT2D eigenvalue weighted by Crippen LogP contribution is -2.49. The van der Waals surface area contributed by atoms with Crippen molar-refractivity contribution in [3.8, 4) is 0 Å². The van der Waals surface area contributed by atoms with Crippen molar-refractivity contribution >= 4 is 11.9 Å². The molecule has 20 heavy (non-hydrogen) atoms. The first kappa shape index (κ1) is 13.2. The molecule has 4 atom stereocenters. The summed E-state index contributed by atoms with van der Waals surface area (Å²) in [5.41, 5.74) is 6.87. The normalized spacial score (nSPS) is 36.8. The standard InChI is InChI=1S/C16H21N3O/c1-10-13(11-7-5-4-6-8-11)14(10)16(2)9-12(20)19(3)15(17)18-16/h4-8,10,13-14H,9H2,1-3H3,(H2,17,18). The summed E-state index contributed by atoms with van der Waals surface area (Å²) in [6.45, 7) is 4.30. The van der Waals surface area contributed by atoms with Gasteiger partial charge in [-0.3, -0.25) is 9.69 Å². The van der Waals surface area contributed by atoms with Crippen LogP contribution in [0.15, 0.2) is 35.3 Å². The molecule has 1 aromatic carbocycles. The minimum absolute atomic E-state index is 0.0610. The Kier molecular flexibility index (Phi) is 2.85. The number of carbonyl (C=O) groups is 1. The molecule has 1 heterocycles. The van der Waals surface area contributed by atoms with Gasteiger partial charge >= 0.3 is 0 Å². The zero-order valence-electron chi connectivity index (χ0n) is 12.2. The number of hydrogen-bond donors (Lipinski definition) is 1. The maximum absolute atomic E-state index is 12.1. The molecule has 3 rings (SSSR count). The van der Waals surface area contributed by atoms with Crippen molar-refractivity contribution in [3.05, 3.63) is 35.9 Å². The summed E-state index contributed by atoms with van der Waals surface area (Å²) in [5.74, 6) is 1.81. The Labute approximate surface area is 119 Å². The van der Waals surface area contributed by atoms with E-state index in [1.807, 2.05) is 6.07 Å². The molecule has 1 aliphatic heterocycles. The first-order chi connectivity index (χ1) is 9.44. The lowest BCUT2D eigenvalue weighted by atomic mass is 9.87. The van der Waals surface area contributed by atoms with E-state index in [4.69, 9.17) is 5.73 Å². The number of aliphatic imine (C=N–C) groups is 1. The number of amides is 1. The van der Waals surface area contributed by atoms with Gasteiger partial charge in [-0.1, -0.05) is 37.3 Å². The number of nitrogens with zero attached hydrogens (tertiary/aromatic N) is 2. The predicted molar refractivity (Wildman–Crippen MR) is 79.3 cm³/mol. The summed E-state index contributed by atoms with van der Waals surface area (Å²) >= 11 is 0. The summed E-state index contributed by atoms with van der Waals surface area (Å²) in [6.07, 6.45) is 0.447. The molecule has 2 N–H and O–H groups in total. The third-order valence-corrected chi connectivity index (χ3v) is 4.88. The average Bonchev–Trinajstić information content (AvgIpc) is 3.09. The summed E-state index contributed by atoms with van der Waals surface area (Å²) in [7, 11) is 1.69. The quantitative estimate of drug-likeness (QED) is 0.894. The van der Waals surface area contributed by atoms with Crippen LogP contribution in [0.25, 0.3) is 0 Å². The lowest BCUT2D eigenvalue weighted by molar-refractivity contribution is -0.128. The smallest absolute Gasteiger partial charge is 0.231 e. The van der Waals surface area contributed by atoms with Crippen molar-refractivity contribution in [1.82, 2.24) is 4.90 Å². The molecule has 106 valence electrons. The predicted octanol–water partition coefficient (Wildman–Crippen LogP) is 1.97. The van der Waals surface area contributed by atoms with E-state index in [9.17, 15) is 4.79 Å². The van der Waals surface area contributed by atoms with Crippen molar-refractivity contribution in [2.45, 2.75) is 31.7 Å². The molecular formula is C16H21N3O. The second-order valence-electron chi connectivity index (χ2n) is 6.28. The van der Waals surface area contributed by atoms with Crippen LogP contribution >= 0.6 is 0 Å². The second kappa shape index (κ2) is 4.33. The Balaban J connectivity index is 1.89. The maximum Gasteiger partial charge on any atom is 0.231 e. The Hall–Kier alpha value is -1.84. The van der Waals surface area contributed by atoms with E-state index < -0.39 is 0 Å². The summed E-state index contributed by atoms with van der Waals surface area (Å²) < 4.78 is 0. The zero-order chi connectivity index (χ0) is 14.5. The highest BCUT2D eigenvalue weighted by molar-refractivity contribution is 5.98. The third-order valence-electron chi connectivity index (χ3n) is 4.88. The number of rotatable bonds is 2. The monoisotopic (exact) mass is 271 g/mol. The molecule has 0 spiro atoms. The molecule has 1 aliphatic carbocycles. The summed E-state index contributed by atoms with van der Waals surface area (Å²) in [6, 6.07) is 10.5. The highest BCUT2D eigenvalue weighted by Crippen LogP contribution is 2.61. The van der Waals surface area contributed by atoms with Gasteiger partial charge in [0.25, 0.3) is 0 Å². The summed E-state index contributed by atoms with van der Waals surface area (Å²) in [4.78, 5) is 18.2. The van der Waals surface area contributed by atoms with E-state index in [0.717, 1.165) is 0 Å². The minimum Gasteiger partial charge on any atom is -0.369 e. The number of guanidine groups is 1. The molecule has 4 heteroatoms. The second-order valence-corrected chi connectivity index (χ2v) is 6.28. The van der Waals surface area contributed by atoms with E-state index in [-0.39, 0.29) is 11.4 Å². The fourth-order valence-electron chi connectivity index (χ4n) is 3.72. The van der Waals surface area contributed by atoms with Crippen LogP contribution in [0.5, 0.6) is 0 Å². The fourth-order valence-corrected chi connectivity index (χ4v) is 3.72. The first-order valence-electron chi connectivity index (χ1n) is 7.11. The average molecular weight is 271 g/mol. The minimum atomic E-state index is -0.367. The van der Waals surface area contributed by atoms with Crippen LogP contribution in [-0.4, -0.2) is 29.4 Å². The number of carbonyl (C=O) groups excluding carboxylic acids is 1. The van der Waals surface area contributed by atoms with Gasteiger partial charge in [-0.25, -0.2) is 4.99 Å². The van der Waals surface area contributed by atoms with Crippen LogP contribution in [-0.2, 0) is 4.79 Å². The van der Waals surface area contributed by atoms with Gasteiger partial charge in [0.1, 0.15) is 0 Å². The van der Waals surface area contributed by atoms with Gasteiger partial charge in [-0.05, 0) is 30.2 Å². The zero-order valence-corrected chi connectivity index (χ0v) is 12.2. The topological polar surface area (TPSA) is 58.7 Å². The van der Waals surface area contributed by atoms with Crippen LogP contribution in [0.1, 0.15) is 31.7 Å². The van der Waals surface area contributed by atoms with Crippen LogP contribution < -0.4 is 5.73 Å². The molecule has 0 saturated heterocycles. The van der Waals surface area contributed by atoms with Gasteiger partial charge < -0.3 is 5.73 Å². The molecule has 0 bridgehead atoms. The van der Waals surface area contributed by atoms with E-state index in [2.05, 4.69) is 43.1 Å². The van der Waals surface area contributed by atoms with Crippen molar-refractivity contribution in [1.29, 1.82) is 0 Å². The van der Waals surface area contributed by atoms with Crippen LogP contribution in [0.4, 0.5) is 0 Å². The maximum atomic E-state index is 12.1. The largest absolute Gasteiger partial charge is 0.369 e. The van der Waals surface area contributed by atoms with Crippen molar-refractivity contribution in [2.75, 3.05) is 7.05 Å². The molecule has 0 aromatic heterocycles.